The summed E-state index contributed by atoms with van der Waals surface area (Å²) in [5, 5.41) is 6.20. The number of rotatable bonds is 4. The van der Waals surface area contributed by atoms with Gasteiger partial charge in [0.15, 0.2) is 0 Å². The number of amides is 2. The van der Waals surface area contributed by atoms with Crippen LogP contribution in [0.4, 0.5) is 10.5 Å². The standard InChI is InChI=1S/C18H26N2O2S/c1-11-12(10-23-4)6-5-7-14(11)19-17(21)20-15-13-8-9-22-16(13)18(15,2)3/h5-7,13,15-16H,8-10H2,1-4H3,(H2,19,20,21)/t13-,15+,16-/m0/s1. The van der Waals surface area contributed by atoms with E-state index in [9.17, 15) is 4.79 Å². The Labute approximate surface area is 142 Å². The van der Waals surface area contributed by atoms with E-state index >= 15 is 0 Å². The summed E-state index contributed by atoms with van der Waals surface area (Å²) in [7, 11) is 0. The number of carbonyl (C=O) groups is 1. The average Bonchev–Trinajstić information content (AvgIpc) is 2.96. The van der Waals surface area contributed by atoms with Crippen LogP contribution in [0.1, 0.15) is 31.4 Å². The van der Waals surface area contributed by atoms with Gasteiger partial charge in [-0.15, -0.1) is 0 Å². The topological polar surface area (TPSA) is 50.4 Å². The minimum atomic E-state index is -0.113. The second-order valence-corrected chi connectivity index (χ2v) is 8.03. The second kappa shape index (κ2) is 6.36. The molecule has 126 valence electrons. The third kappa shape index (κ3) is 2.96. The number of nitrogens with one attached hydrogen (secondary N) is 2. The maximum Gasteiger partial charge on any atom is 0.319 e. The molecule has 2 aliphatic rings. The lowest BCUT2D eigenvalue weighted by atomic mass is 9.57. The lowest BCUT2D eigenvalue weighted by Gasteiger charge is -2.54. The molecule has 1 saturated heterocycles. The summed E-state index contributed by atoms with van der Waals surface area (Å²) in [4.78, 5) is 12.4. The molecule has 2 fully saturated rings. The number of anilines is 1. The minimum Gasteiger partial charge on any atom is -0.377 e. The molecular weight excluding hydrogens is 308 g/mol. The highest BCUT2D eigenvalue weighted by atomic mass is 32.2. The van der Waals surface area contributed by atoms with Crippen LogP contribution >= 0.6 is 11.8 Å². The zero-order chi connectivity index (χ0) is 16.6. The fraction of sp³-hybridized carbons (Fsp3) is 0.611. The summed E-state index contributed by atoms with van der Waals surface area (Å²) in [6.45, 7) is 7.23. The molecule has 1 saturated carbocycles. The van der Waals surface area contributed by atoms with Crippen molar-refractivity contribution in [3.63, 3.8) is 0 Å². The van der Waals surface area contributed by atoms with Crippen LogP contribution in [0.2, 0.25) is 0 Å². The molecule has 1 aromatic carbocycles. The fourth-order valence-corrected chi connectivity index (χ4v) is 4.67. The Kier molecular flexibility index (Phi) is 4.61. The predicted molar refractivity (Wildman–Crippen MR) is 96.0 cm³/mol. The number of carbonyl (C=O) groups excluding carboxylic acids is 1. The summed E-state index contributed by atoms with van der Waals surface area (Å²) < 4.78 is 5.78. The van der Waals surface area contributed by atoms with Crippen LogP contribution in [-0.4, -0.2) is 31.0 Å². The maximum absolute atomic E-state index is 12.4. The molecule has 1 aliphatic carbocycles. The normalized spacial score (nSPS) is 27.9. The number of thioether (sulfide) groups is 1. The Hall–Kier alpha value is -1.20. The van der Waals surface area contributed by atoms with Crippen molar-refractivity contribution in [1.82, 2.24) is 5.32 Å². The van der Waals surface area contributed by atoms with Crippen molar-refractivity contribution in [3.8, 4) is 0 Å². The van der Waals surface area contributed by atoms with E-state index in [1.165, 1.54) is 5.56 Å². The lowest BCUT2D eigenvalue weighted by Crippen LogP contribution is -2.67. The Morgan fingerprint density at radius 1 is 1.43 bits per heavy atom. The highest BCUT2D eigenvalue weighted by molar-refractivity contribution is 7.97. The van der Waals surface area contributed by atoms with E-state index in [1.807, 2.05) is 12.1 Å². The zero-order valence-corrected chi connectivity index (χ0v) is 15.1. The number of urea groups is 1. The van der Waals surface area contributed by atoms with Crippen molar-refractivity contribution in [3.05, 3.63) is 29.3 Å². The molecule has 5 heteroatoms. The molecule has 2 N–H and O–H groups in total. The molecule has 3 atom stereocenters. The van der Waals surface area contributed by atoms with Gasteiger partial charge in [0.25, 0.3) is 0 Å². The van der Waals surface area contributed by atoms with Gasteiger partial charge in [0.05, 0.1) is 6.10 Å². The van der Waals surface area contributed by atoms with Gasteiger partial charge in [-0.05, 0) is 36.8 Å². The van der Waals surface area contributed by atoms with Crippen LogP contribution in [0.15, 0.2) is 18.2 Å². The number of ether oxygens (including phenoxy) is 1. The van der Waals surface area contributed by atoms with Gasteiger partial charge in [0, 0.05) is 35.4 Å². The van der Waals surface area contributed by atoms with Gasteiger partial charge in [-0.25, -0.2) is 4.79 Å². The molecule has 1 aliphatic heterocycles. The van der Waals surface area contributed by atoms with Crippen molar-refractivity contribution in [1.29, 1.82) is 0 Å². The summed E-state index contributed by atoms with van der Waals surface area (Å²) in [6.07, 6.45) is 3.42. The monoisotopic (exact) mass is 334 g/mol. The Bertz CT molecular complexity index is 603. The van der Waals surface area contributed by atoms with Crippen LogP contribution in [-0.2, 0) is 10.5 Å². The van der Waals surface area contributed by atoms with Gasteiger partial charge in [0.2, 0.25) is 0 Å². The van der Waals surface area contributed by atoms with Gasteiger partial charge in [-0.3, -0.25) is 0 Å². The van der Waals surface area contributed by atoms with Crippen LogP contribution in [0, 0.1) is 18.3 Å². The third-order valence-electron chi connectivity index (χ3n) is 5.38. The van der Waals surface area contributed by atoms with Crippen molar-refractivity contribution >= 4 is 23.5 Å². The Morgan fingerprint density at radius 2 is 2.22 bits per heavy atom. The molecule has 1 heterocycles. The van der Waals surface area contributed by atoms with Crippen LogP contribution in [0.3, 0.4) is 0 Å². The summed E-state index contributed by atoms with van der Waals surface area (Å²) >= 11 is 1.79. The van der Waals surface area contributed by atoms with Crippen LogP contribution in [0.25, 0.3) is 0 Å². The minimum absolute atomic E-state index is 0.00818. The fourth-order valence-electron chi connectivity index (χ4n) is 4.05. The van der Waals surface area contributed by atoms with E-state index in [2.05, 4.69) is 43.7 Å². The molecule has 23 heavy (non-hydrogen) atoms. The molecule has 0 aromatic heterocycles. The Balaban J connectivity index is 1.65. The molecule has 2 amide bonds. The van der Waals surface area contributed by atoms with E-state index in [0.29, 0.717) is 12.0 Å². The molecule has 4 nitrogen and oxygen atoms in total. The summed E-state index contributed by atoms with van der Waals surface area (Å²) in [6, 6.07) is 6.15. The van der Waals surface area contributed by atoms with E-state index in [-0.39, 0.29) is 17.5 Å². The van der Waals surface area contributed by atoms with Crippen molar-refractivity contribution in [2.75, 3.05) is 18.2 Å². The highest BCUT2D eigenvalue weighted by Crippen LogP contribution is 2.52. The first-order valence-electron chi connectivity index (χ1n) is 8.21. The first kappa shape index (κ1) is 16.7. The van der Waals surface area contributed by atoms with E-state index in [0.717, 1.165) is 30.0 Å². The van der Waals surface area contributed by atoms with Crippen LogP contribution < -0.4 is 10.6 Å². The van der Waals surface area contributed by atoms with E-state index in [4.69, 9.17) is 4.74 Å². The quantitative estimate of drug-likeness (QED) is 0.881. The first-order chi connectivity index (χ1) is 10.9. The first-order valence-corrected chi connectivity index (χ1v) is 9.61. The average molecular weight is 334 g/mol. The summed E-state index contributed by atoms with van der Waals surface area (Å²) in [5.74, 6) is 1.42. The second-order valence-electron chi connectivity index (χ2n) is 7.16. The van der Waals surface area contributed by atoms with Gasteiger partial charge < -0.3 is 15.4 Å². The molecule has 0 spiro atoms. The summed E-state index contributed by atoms with van der Waals surface area (Å²) in [5.41, 5.74) is 3.31. The maximum atomic E-state index is 12.4. The SMILES string of the molecule is CSCc1cccc(NC(=O)N[C@@H]2[C@@H]3CCO[C@@H]3C2(C)C)c1C. The van der Waals surface area contributed by atoms with Crippen molar-refractivity contribution < 1.29 is 9.53 Å². The van der Waals surface area contributed by atoms with E-state index in [1.54, 1.807) is 11.8 Å². The molecular formula is C18H26N2O2S. The molecule has 1 aromatic rings. The van der Waals surface area contributed by atoms with Gasteiger partial charge >= 0.3 is 6.03 Å². The number of hydrogen-bond donors (Lipinski definition) is 2. The highest BCUT2D eigenvalue weighted by Gasteiger charge is 2.59. The Morgan fingerprint density at radius 3 is 2.96 bits per heavy atom. The third-order valence-corrected chi connectivity index (χ3v) is 5.98. The van der Waals surface area contributed by atoms with Crippen molar-refractivity contribution in [2.45, 2.75) is 45.1 Å². The largest absolute Gasteiger partial charge is 0.377 e. The predicted octanol–water partition coefficient (Wildman–Crippen LogP) is 3.79. The lowest BCUT2D eigenvalue weighted by molar-refractivity contribution is -0.107. The molecule has 3 rings (SSSR count). The van der Waals surface area contributed by atoms with E-state index < -0.39 is 0 Å². The van der Waals surface area contributed by atoms with Gasteiger partial charge in [-0.1, -0.05) is 26.0 Å². The molecule has 0 bridgehead atoms. The molecule has 0 unspecified atom stereocenters. The van der Waals surface area contributed by atoms with Gasteiger partial charge in [0.1, 0.15) is 0 Å². The smallest absolute Gasteiger partial charge is 0.319 e. The zero-order valence-electron chi connectivity index (χ0n) is 14.3. The number of hydrogen-bond acceptors (Lipinski definition) is 3. The number of benzene rings is 1. The van der Waals surface area contributed by atoms with Crippen LogP contribution in [0.5, 0.6) is 0 Å². The molecule has 0 radical (unpaired) electrons. The van der Waals surface area contributed by atoms with Gasteiger partial charge in [-0.2, -0.15) is 11.8 Å². The van der Waals surface area contributed by atoms with Crippen molar-refractivity contribution in [2.24, 2.45) is 11.3 Å². The number of fused-ring (bicyclic) bond motifs is 1.